The number of nitrogens with zero attached hydrogens (tertiary/aromatic N) is 2. The molecule has 0 fully saturated rings. The van der Waals surface area contributed by atoms with Crippen LogP contribution in [0.4, 0.5) is 11.5 Å². The number of nitro groups is 1. The fourth-order valence-corrected chi connectivity index (χ4v) is 3.42. The monoisotopic (exact) mass is 379 g/mol. The lowest BCUT2D eigenvalue weighted by Crippen LogP contribution is -2.14. The van der Waals surface area contributed by atoms with Gasteiger partial charge in [0.15, 0.2) is 11.6 Å². The average molecular weight is 379 g/mol. The summed E-state index contributed by atoms with van der Waals surface area (Å²) < 4.78 is 26.9. The minimum atomic E-state index is -3.96. The average Bonchev–Trinajstić information content (AvgIpc) is 2.60. The number of unbranched alkanes of at least 4 members (excludes halogenated alkanes) is 3. The Labute approximate surface area is 152 Å². The van der Waals surface area contributed by atoms with Crippen LogP contribution in [0.25, 0.3) is 0 Å². The van der Waals surface area contributed by atoms with Crippen molar-refractivity contribution in [2.45, 2.75) is 43.9 Å². The highest BCUT2D eigenvalue weighted by Gasteiger charge is 2.19. The number of nitrogens with one attached hydrogen (secondary N) is 1. The zero-order valence-electron chi connectivity index (χ0n) is 14.4. The maximum atomic E-state index is 12.4. The summed E-state index contributed by atoms with van der Waals surface area (Å²) >= 11 is 0. The Morgan fingerprint density at radius 1 is 1.19 bits per heavy atom. The minimum Gasteiger partial charge on any atom is -0.504 e. The Morgan fingerprint density at radius 3 is 2.46 bits per heavy atom. The quantitative estimate of drug-likeness (QED) is 0.390. The molecule has 0 amide bonds. The Kier molecular flexibility index (Phi) is 6.51. The molecule has 9 heteroatoms. The van der Waals surface area contributed by atoms with E-state index in [4.69, 9.17) is 0 Å². The van der Waals surface area contributed by atoms with E-state index in [1.807, 2.05) is 0 Å². The molecule has 0 spiro atoms. The highest BCUT2D eigenvalue weighted by molar-refractivity contribution is 7.92. The molecule has 140 valence electrons. The van der Waals surface area contributed by atoms with Crippen molar-refractivity contribution in [3.05, 3.63) is 52.2 Å². The van der Waals surface area contributed by atoms with Crippen LogP contribution in [0.3, 0.4) is 0 Å². The highest BCUT2D eigenvalue weighted by Crippen LogP contribution is 2.27. The van der Waals surface area contributed by atoms with Crippen LogP contribution in [0.2, 0.25) is 0 Å². The van der Waals surface area contributed by atoms with E-state index in [2.05, 4.69) is 16.6 Å². The number of pyridine rings is 1. The third-order valence-electron chi connectivity index (χ3n) is 3.85. The molecule has 0 aliphatic rings. The summed E-state index contributed by atoms with van der Waals surface area (Å²) in [7, 11) is -3.96. The second-order valence-corrected chi connectivity index (χ2v) is 7.56. The van der Waals surface area contributed by atoms with Gasteiger partial charge in [-0.2, -0.15) is 0 Å². The molecule has 0 bridgehead atoms. The smallest absolute Gasteiger partial charge is 0.291 e. The van der Waals surface area contributed by atoms with Gasteiger partial charge in [0, 0.05) is 0 Å². The first-order valence-corrected chi connectivity index (χ1v) is 9.77. The Hall–Kier alpha value is -2.68. The molecular weight excluding hydrogens is 358 g/mol. The van der Waals surface area contributed by atoms with Crippen LogP contribution in [0, 0.1) is 10.1 Å². The van der Waals surface area contributed by atoms with Gasteiger partial charge in [0.1, 0.15) is 6.20 Å². The van der Waals surface area contributed by atoms with Crippen molar-refractivity contribution in [3.63, 3.8) is 0 Å². The van der Waals surface area contributed by atoms with Crippen molar-refractivity contribution in [1.82, 2.24) is 4.98 Å². The van der Waals surface area contributed by atoms with Crippen LogP contribution in [0.1, 0.15) is 38.2 Å². The Balaban J connectivity index is 2.09. The van der Waals surface area contributed by atoms with Gasteiger partial charge in [-0.25, -0.2) is 13.4 Å². The zero-order chi connectivity index (χ0) is 19.2. The first kappa shape index (κ1) is 19.6. The largest absolute Gasteiger partial charge is 0.504 e. The summed E-state index contributed by atoms with van der Waals surface area (Å²) in [6.45, 7) is 2.14. The number of hydrogen-bond donors (Lipinski definition) is 2. The molecule has 2 N–H and O–H groups in total. The lowest BCUT2D eigenvalue weighted by Gasteiger charge is -2.09. The van der Waals surface area contributed by atoms with E-state index >= 15 is 0 Å². The van der Waals surface area contributed by atoms with Gasteiger partial charge in [0.05, 0.1) is 15.9 Å². The third kappa shape index (κ3) is 5.16. The first-order valence-electron chi connectivity index (χ1n) is 8.28. The van der Waals surface area contributed by atoms with Crippen molar-refractivity contribution < 1.29 is 18.4 Å². The Morgan fingerprint density at radius 2 is 1.88 bits per heavy atom. The van der Waals surface area contributed by atoms with E-state index in [-0.39, 0.29) is 10.7 Å². The third-order valence-corrected chi connectivity index (χ3v) is 5.20. The fraction of sp³-hybridized carbons (Fsp3) is 0.353. The van der Waals surface area contributed by atoms with Crippen molar-refractivity contribution in [1.29, 1.82) is 0 Å². The van der Waals surface area contributed by atoms with Gasteiger partial charge in [-0.1, -0.05) is 38.3 Å². The molecule has 0 saturated carbocycles. The zero-order valence-corrected chi connectivity index (χ0v) is 15.2. The van der Waals surface area contributed by atoms with Crippen LogP contribution in [-0.4, -0.2) is 23.4 Å². The lowest BCUT2D eigenvalue weighted by molar-refractivity contribution is -0.385. The molecule has 0 saturated heterocycles. The van der Waals surface area contributed by atoms with Crippen LogP contribution < -0.4 is 4.72 Å². The van der Waals surface area contributed by atoms with Crippen LogP contribution >= 0.6 is 0 Å². The van der Waals surface area contributed by atoms with Crippen molar-refractivity contribution >= 4 is 21.5 Å². The molecular formula is C17H21N3O5S. The summed E-state index contributed by atoms with van der Waals surface area (Å²) in [5, 5.41) is 20.4. The molecule has 1 aromatic heterocycles. The van der Waals surface area contributed by atoms with E-state index in [1.165, 1.54) is 18.6 Å². The molecule has 26 heavy (non-hydrogen) atoms. The second kappa shape index (κ2) is 8.61. The number of sulfonamides is 1. The van der Waals surface area contributed by atoms with Gasteiger partial charge in [-0.3, -0.25) is 14.8 Å². The number of hydrogen-bond acceptors (Lipinski definition) is 6. The molecule has 0 unspecified atom stereocenters. The molecule has 1 aromatic carbocycles. The van der Waals surface area contributed by atoms with Crippen LogP contribution in [0.5, 0.6) is 5.75 Å². The van der Waals surface area contributed by atoms with Gasteiger partial charge in [-0.15, -0.1) is 0 Å². The molecule has 2 rings (SSSR count). The van der Waals surface area contributed by atoms with Gasteiger partial charge < -0.3 is 5.11 Å². The minimum absolute atomic E-state index is 0.0226. The predicted octanol–water partition coefficient (Wildman–Crippen LogP) is 3.62. The number of aryl methyl sites for hydroxylation is 1. The normalized spacial score (nSPS) is 11.3. The van der Waals surface area contributed by atoms with Crippen LogP contribution in [-0.2, 0) is 16.4 Å². The number of aromatic nitrogens is 1. The number of rotatable bonds is 9. The lowest BCUT2D eigenvalue weighted by atomic mass is 10.1. The van der Waals surface area contributed by atoms with Crippen molar-refractivity contribution in [3.8, 4) is 5.75 Å². The molecule has 0 atom stereocenters. The van der Waals surface area contributed by atoms with Gasteiger partial charge >= 0.3 is 0 Å². The maximum Gasteiger partial charge on any atom is 0.291 e. The Bertz CT molecular complexity index is 866. The standard InChI is InChI=1S/C17H21N3O5S/c1-2-3-4-5-6-13-7-9-15(10-8-13)26(24,25)19-17-16(21)11-14(12-18-17)20(22)23/h7-12,21H,2-6H2,1H3,(H,18,19). The second-order valence-electron chi connectivity index (χ2n) is 5.88. The van der Waals surface area contributed by atoms with Crippen molar-refractivity contribution in [2.75, 3.05) is 4.72 Å². The van der Waals surface area contributed by atoms with E-state index in [0.29, 0.717) is 0 Å². The predicted molar refractivity (Wildman–Crippen MR) is 97.7 cm³/mol. The molecule has 8 nitrogen and oxygen atoms in total. The van der Waals surface area contributed by atoms with E-state index in [9.17, 15) is 23.6 Å². The molecule has 0 radical (unpaired) electrons. The van der Waals surface area contributed by atoms with E-state index in [0.717, 1.165) is 43.5 Å². The summed E-state index contributed by atoms with van der Waals surface area (Å²) in [4.78, 5) is 13.5. The molecule has 1 heterocycles. The van der Waals surface area contributed by atoms with Gasteiger partial charge in [0.25, 0.3) is 15.7 Å². The molecule has 0 aliphatic carbocycles. The maximum absolute atomic E-state index is 12.4. The number of benzene rings is 1. The summed E-state index contributed by atoms with van der Waals surface area (Å²) in [6.07, 6.45) is 6.30. The molecule has 0 aliphatic heterocycles. The summed E-state index contributed by atoms with van der Waals surface area (Å²) in [5.41, 5.74) is 0.620. The number of aromatic hydroxyl groups is 1. The van der Waals surface area contributed by atoms with Crippen LogP contribution in [0.15, 0.2) is 41.4 Å². The topological polar surface area (TPSA) is 122 Å². The van der Waals surface area contributed by atoms with E-state index < -0.39 is 26.4 Å². The highest BCUT2D eigenvalue weighted by atomic mass is 32.2. The number of anilines is 1. The summed E-state index contributed by atoms with van der Waals surface area (Å²) in [5.74, 6) is -0.977. The van der Waals surface area contributed by atoms with Gasteiger partial charge in [0.2, 0.25) is 0 Å². The fourth-order valence-electron chi connectivity index (χ4n) is 2.40. The van der Waals surface area contributed by atoms with E-state index in [1.54, 1.807) is 12.1 Å². The summed E-state index contributed by atoms with van der Waals surface area (Å²) in [6, 6.07) is 7.32. The SMILES string of the molecule is CCCCCCc1ccc(S(=O)(=O)Nc2ncc([N+](=O)[O-])cc2O)cc1. The molecule has 2 aromatic rings. The van der Waals surface area contributed by atoms with Crippen molar-refractivity contribution in [2.24, 2.45) is 0 Å². The van der Waals surface area contributed by atoms with Gasteiger partial charge in [-0.05, 0) is 30.5 Å². The first-order chi connectivity index (χ1) is 12.3.